The van der Waals surface area contributed by atoms with Crippen molar-refractivity contribution in [1.29, 1.82) is 0 Å². The van der Waals surface area contributed by atoms with E-state index in [-0.39, 0.29) is 6.04 Å². The minimum atomic E-state index is 0.228. The molecule has 2 aromatic rings. The molecule has 0 amide bonds. The first kappa shape index (κ1) is 14.1. The van der Waals surface area contributed by atoms with Gasteiger partial charge in [-0.15, -0.1) is 0 Å². The van der Waals surface area contributed by atoms with Crippen molar-refractivity contribution in [2.24, 2.45) is 5.92 Å². The summed E-state index contributed by atoms with van der Waals surface area (Å²) in [5.41, 5.74) is 1.24. The number of anilines is 1. The lowest BCUT2D eigenvalue weighted by Gasteiger charge is -2.17. The summed E-state index contributed by atoms with van der Waals surface area (Å²) in [6.45, 7) is 7.55. The third kappa shape index (κ3) is 3.83. The van der Waals surface area contributed by atoms with Gasteiger partial charge < -0.3 is 9.88 Å². The van der Waals surface area contributed by atoms with Crippen molar-refractivity contribution in [3.63, 3.8) is 0 Å². The third-order valence-electron chi connectivity index (χ3n) is 2.97. The first-order valence-electron chi connectivity index (χ1n) is 6.59. The molecule has 2 rings (SSSR count). The van der Waals surface area contributed by atoms with Crippen LogP contribution in [0.1, 0.15) is 32.4 Å². The molecular weight excluding hydrogens is 302 g/mol. The summed E-state index contributed by atoms with van der Waals surface area (Å²) >= 11 is 3.51. The zero-order valence-electron chi connectivity index (χ0n) is 11.6. The number of nitrogens with one attached hydrogen (secondary N) is 1. The first-order chi connectivity index (χ1) is 9.06. The maximum atomic E-state index is 4.40. The largest absolute Gasteiger partial charge is 0.349 e. The molecule has 1 atom stereocenters. The van der Waals surface area contributed by atoms with E-state index in [0.29, 0.717) is 5.92 Å². The molecule has 0 aliphatic rings. The molecule has 3 nitrogen and oxygen atoms in total. The van der Waals surface area contributed by atoms with Crippen LogP contribution in [0.25, 0.3) is 0 Å². The Bertz CT molecular complexity index is 534. The second-order valence-electron chi connectivity index (χ2n) is 5.22. The molecule has 0 saturated heterocycles. The zero-order valence-corrected chi connectivity index (χ0v) is 13.2. The number of hydrogen-bond donors (Lipinski definition) is 1. The SMILES string of the molecule is CC(C)Cn1ccnc1NC(C)c1cccc(Br)c1. The van der Waals surface area contributed by atoms with Crippen LogP contribution in [0.2, 0.25) is 0 Å². The molecule has 0 aliphatic carbocycles. The lowest BCUT2D eigenvalue weighted by atomic mass is 10.1. The fourth-order valence-electron chi connectivity index (χ4n) is 2.04. The lowest BCUT2D eigenvalue weighted by molar-refractivity contribution is 0.524. The Kier molecular flexibility index (Phi) is 4.64. The summed E-state index contributed by atoms with van der Waals surface area (Å²) in [5.74, 6) is 1.54. The van der Waals surface area contributed by atoms with Gasteiger partial charge in [0, 0.05) is 23.4 Å². The van der Waals surface area contributed by atoms with Gasteiger partial charge in [-0.05, 0) is 30.5 Å². The van der Waals surface area contributed by atoms with Crippen LogP contribution in [-0.2, 0) is 6.54 Å². The maximum absolute atomic E-state index is 4.40. The number of aromatic nitrogens is 2. The van der Waals surface area contributed by atoms with Crippen molar-refractivity contribution in [2.75, 3.05) is 5.32 Å². The molecule has 0 radical (unpaired) electrons. The molecule has 0 aliphatic heterocycles. The smallest absolute Gasteiger partial charge is 0.203 e. The average molecular weight is 322 g/mol. The second kappa shape index (κ2) is 6.24. The lowest BCUT2D eigenvalue weighted by Crippen LogP contribution is -2.13. The van der Waals surface area contributed by atoms with E-state index in [1.807, 2.05) is 18.5 Å². The number of nitrogens with zero attached hydrogens (tertiary/aromatic N) is 2. The summed E-state index contributed by atoms with van der Waals surface area (Å²) in [5, 5.41) is 3.47. The molecule has 4 heteroatoms. The predicted molar refractivity (Wildman–Crippen MR) is 83.2 cm³/mol. The van der Waals surface area contributed by atoms with Crippen LogP contribution in [0.4, 0.5) is 5.95 Å². The van der Waals surface area contributed by atoms with E-state index in [1.165, 1.54) is 5.56 Å². The van der Waals surface area contributed by atoms with Crippen LogP contribution in [0.15, 0.2) is 41.1 Å². The summed E-state index contributed by atoms with van der Waals surface area (Å²) in [6, 6.07) is 8.57. The number of imidazole rings is 1. The van der Waals surface area contributed by atoms with Gasteiger partial charge in [-0.25, -0.2) is 4.98 Å². The van der Waals surface area contributed by atoms with Gasteiger partial charge in [0.15, 0.2) is 0 Å². The van der Waals surface area contributed by atoms with Gasteiger partial charge in [0.1, 0.15) is 0 Å². The Morgan fingerprint density at radius 1 is 1.32 bits per heavy atom. The van der Waals surface area contributed by atoms with Crippen molar-refractivity contribution >= 4 is 21.9 Å². The monoisotopic (exact) mass is 321 g/mol. The van der Waals surface area contributed by atoms with Gasteiger partial charge in [-0.1, -0.05) is 41.9 Å². The molecule has 1 heterocycles. The molecule has 0 fully saturated rings. The highest BCUT2D eigenvalue weighted by molar-refractivity contribution is 9.10. The van der Waals surface area contributed by atoms with E-state index in [0.717, 1.165) is 17.0 Å². The van der Waals surface area contributed by atoms with Crippen molar-refractivity contribution in [3.8, 4) is 0 Å². The maximum Gasteiger partial charge on any atom is 0.203 e. The summed E-state index contributed by atoms with van der Waals surface area (Å²) in [7, 11) is 0. The van der Waals surface area contributed by atoms with Crippen LogP contribution in [-0.4, -0.2) is 9.55 Å². The highest BCUT2D eigenvalue weighted by Crippen LogP contribution is 2.21. The Labute approximate surface area is 123 Å². The van der Waals surface area contributed by atoms with Gasteiger partial charge in [-0.2, -0.15) is 0 Å². The van der Waals surface area contributed by atoms with Crippen molar-refractivity contribution in [2.45, 2.75) is 33.4 Å². The third-order valence-corrected chi connectivity index (χ3v) is 3.46. The highest BCUT2D eigenvalue weighted by Gasteiger charge is 2.10. The minimum Gasteiger partial charge on any atom is -0.349 e. The average Bonchev–Trinajstić information content (AvgIpc) is 2.75. The van der Waals surface area contributed by atoms with Gasteiger partial charge in [0.2, 0.25) is 5.95 Å². The van der Waals surface area contributed by atoms with E-state index in [2.05, 4.69) is 69.8 Å². The van der Waals surface area contributed by atoms with E-state index in [4.69, 9.17) is 0 Å². The Balaban J connectivity index is 2.10. The number of halogens is 1. The van der Waals surface area contributed by atoms with E-state index in [9.17, 15) is 0 Å². The highest BCUT2D eigenvalue weighted by atomic mass is 79.9. The second-order valence-corrected chi connectivity index (χ2v) is 6.13. The topological polar surface area (TPSA) is 29.9 Å². The van der Waals surface area contributed by atoms with Crippen LogP contribution < -0.4 is 5.32 Å². The molecule has 1 unspecified atom stereocenters. The molecule has 0 bridgehead atoms. The number of hydrogen-bond acceptors (Lipinski definition) is 2. The fraction of sp³-hybridized carbons (Fsp3) is 0.400. The minimum absolute atomic E-state index is 0.228. The molecule has 0 spiro atoms. The Morgan fingerprint density at radius 2 is 2.11 bits per heavy atom. The first-order valence-corrected chi connectivity index (χ1v) is 7.38. The molecular formula is C15H20BrN3. The van der Waals surface area contributed by atoms with Crippen LogP contribution in [0, 0.1) is 5.92 Å². The van der Waals surface area contributed by atoms with Gasteiger partial charge in [0.25, 0.3) is 0 Å². The predicted octanol–water partition coefficient (Wildman–Crippen LogP) is 4.47. The molecule has 1 aromatic heterocycles. The van der Waals surface area contributed by atoms with Crippen LogP contribution >= 0.6 is 15.9 Å². The summed E-state index contributed by atoms with van der Waals surface area (Å²) in [4.78, 5) is 4.40. The summed E-state index contributed by atoms with van der Waals surface area (Å²) < 4.78 is 3.27. The van der Waals surface area contributed by atoms with Crippen LogP contribution in [0.3, 0.4) is 0 Å². The molecule has 102 valence electrons. The Morgan fingerprint density at radius 3 is 2.79 bits per heavy atom. The van der Waals surface area contributed by atoms with Crippen molar-refractivity contribution in [1.82, 2.24) is 9.55 Å². The molecule has 0 saturated carbocycles. The number of rotatable bonds is 5. The van der Waals surface area contributed by atoms with E-state index < -0.39 is 0 Å². The van der Waals surface area contributed by atoms with Crippen molar-refractivity contribution in [3.05, 3.63) is 46.7 Å². The number of benzene rings is 1. The van der Waals surface area contributed by atoms with Gasteiger partial charge in [0.05, 0.1) is 6.04 Å². The Hall–Kier alpha value is -1.29. The summed E-state index contributed by atoms with van der Waals surface area (Å²) in [6.07, 6.45) is 3.87. The zero-order chi connectivity index (χ0) is 13.8. The normalized spacial score (nSPS) is 12.7. The van der Waals surface area contributed by atoms with E-state index >= 15 is 0 Å². The standard InChI is InChI=1S/C15H20BrN3/c1-11(2)10-19-8-7-17-15(19)18-12(3)13-5-4-6-14(16)9-13/h4-9,11-12H,10H2,1-3H3,(H,17,18). The van der Waals surface area contributed by atoms with E-state index in [1.54, 1.807) is 0 Å². The van der Waals surface area contributed by atoms with Gasteiger partial charge in [-0.3, -0.25) is 0 Å². The molecule has 19 heavy (non-hydrogen) atoms. The van der Waals surface area contributed by atoms with Crippen molar-refractivity contribution < 1.29 is 0 Å². The van der Waals surface area contributed by atoms with Crippen LogP contribution in [0.5, 0.6) is 0 Å². The fourth-order valence-corrected chi connectivity index (χ4v) is 2.46. The quantitative estimate of drug-likeness (QED) is 0.880. The molecule has 1 N–H and O–H groups in total. The molecule has 1 aromatic carbocycles. The van der Waals surface area contributed by atoms with Gasteiger partial charge >= 0.3 is 0 Å².